The fourth-order valence-electron chi connectivity index (χ4n) is 2.83. The number of H-pyrrole nitrogens is 1. The number of aromatic nitrogens is 2. The minimum atomic E-state index is -0.122. The Bertz CT molecular complexity index is 843. The van der Waals surface area contributed by atoms with Crippen molar-refractivity contribution >= 4 is 40.6 Å². The lowest BCUT2D eigenvalue weighted by atomic mass is 10.1. The molecule has 0 atom stereocenters. The molecule has 3 rings (SSSR count). The van der Waals surface area contributed by atoms with Crippen LogP contribution in [0.2, 0.25) is 0 Å². The molecule has 1 aromatic carbocycles. The third kappa shape index (κ3) is 4.39. The standard InChI is InChI=1S/C18H22N4OS.ClH/c1-2-12-4-3-5-14-13(10-21-17(12)14)7-9-20-18(23)15-11-24-16(22-15)6-8-19;/h3-5,10-11,21H,2,6-9,19H2,1H3,(H,20,23);1H. The molecule has 0 unspecified atom stereocenters. The number of benzene rings is 1. The van der Waals surface area contributed by atoms with Gasteiger partial charge in [-0.05, 0) is 30.5 Å². The molecule has 0 radical (unpaired) electrons. The Morgan fingerprint density at radius 1 is 1.32 bits per heavy atom. The topological polar surface area (TPSA) is 83.8 Å². The Morgan fingerprint density at radius 2 is 2.16 bits per heavy atom. The second-order valence-corrected chi connectivity index (χ2v) is 6.62. The Morgan fingerprint density at radius 3 is 2.92 bits per heavy atom. The highest BCUT2D eigenvalue weighted by molar-refractivity contribution is 7.09. The summed E-state index contributed by atoms with van der Waals surface area (Å²) in [5, 5.41) is 6.88. The number of hydrogen-bond donors (Lipinski definition) is 3. The van der Waals surface area contributed by atoms with Gasteiger partial charge >= 0.3 is 0 Å². The van der Waals surface area contributed by atoms with E-state index in [1.54, 1.807) is 5.38 Å². The molecule has 5 nitrogen and oxygen atoms in total. The average molecular weight is 379 g/mol. The van der Waals surface area contributed by atoms with E-state index in [1.165, 1.54) is 33.4 Å². The van der Waals surface area contributed by atoms with E-state index in [9.17, 15) is 4.79 Å². The minimum Gasteiger partial charge on any atom is -0.361 e. The van der Waals surface area contributed by atoms with E-state index in [1.807, 2.05) is 6.20 Å². The third-order valence-corrected chi connectivity index (χ3v) is 5.00. The van der Waals surface area contributed by atoms with Crippen molar-refractivity contribution in [3.05, 3.63) is 51.6 Å². The molecule has 2 aromatic heterocycles. The maximum absolute atomic E-state index is 12.1. The van der Waals surface area contributed by atoms with Gasteiger partial charge in [-0.2, -0.15) is 0 Å². The van der Waals surface area contributed by atoms with Gasteiger partial charge in [0, 0.05) is 35.4 Å². The number of fused-ring (bicyclic) bond motifs is 1. The number of aryl methyl sites for hydroxylation is 1. The van der Waals surface area contributed by atoms with Crippen molar-refractivity contribution in [1.82, 2.24) is 15.3 Å². The Hall–Kier alpha value is -1.89. The molecule has 0 fully saturated rings. The zero-order valence-corrected chi connectivity index (χ0v) is 15.8. The summed E-state index contributed by atoms with van der Waals surface area (Å²) >= 11 is 1.48. The van der Waals surface area contributed by atoms with Gasteiger partial charge in [0.05, 0.1) is 5.01 Å². The number of carbonyl (C=O) groups is 1. The summed E-state index contributed by atoms with van der Waals surface area (Å²) in [6.07, 6.45) is 4.55. The molecule has 0 aliphatic rings. The van der Waals surface area contributed by atoms with Crippen molar-refractivity contribution < 1.29 is 4.79 Å². The molecular weight excluding hydrogens is 356 g/mol. The highest BCUT2D eigenvalue weighted by Gasteiger charge is 2.11. The average Bonchev–Trinajstić information content (AvgIpc) is 3.22. The zero-order valence-electron chi connectivity index (χ0n) is 14.2. The van der Waals surface area contributed by atoms with Gasteiger partial charge in [-0.1, -0.05) is 25.1 Å². The Labute approximate surface area is 157 Å². The first kappa shape index (κ1) is 19.4. The summed E-state index contributed by atoms with van der Waals surface area (Å²) < 4.78 is 0. The van der Waals surface area contributed by atoms with Gasteiger partial charge < -0.3 is 16.0 Å². The molecule has 134 valence electrons. The number of halogens is 1. The van der Waals surface area contributed by atoms with Gasteiger partial charge in [0.15, 0.2) is 0 Å². The van der Waals surface area contributed by atoms with Gasteiger partial charge in [-0.25, -0.2) is 4.98 Å². The highest BCUT2D eigenvalue weighted by atomic mass is 35.5. The van der Waals surface area contributed by atoms with Crippen LogP contribution in [0.15, 0.2) is 29.8 Å². The van der Waals surface area contributed by atoms with E-state index in [2.05, 4.69) is 40.4 Å². The largest absolute Gasteiger partial charge is 0.361 e. The number of amides is 1. The lowest BCUT2D eigenvalue weighted by Gasteiger charge is -2.04. The quantitative estimate of drug-likeness (QED) is 0.590. The number of rotatable bonds is 7. The molecule has 0 saturated carbocycles. The fourth-order valence-corrected chi connectivity index (χ4v) is 3.63. The van der Waals surface area contributed by atoms with Crippen molar-refractivity contribution in [2.24, 2.45) is 5.73 Å². The van der Waals surface area contributed by atoms with Gasteiger partial charge in [0.2, 0.25) is 0 Å². The van der Waals surface area contributed by atoms with Crippen molar-refractivity contribution in [3.63, 3.8) is 0 Å². The number of nitrogens with two attached hydrogens (primary N) is 1. The van der Waals surface area contributed by atoms with Crippen LogP contribution in [-0.2, 0) is 19.3 Å². The first-order chi connectivity index (χ1) is 11.7. The lowest BCUT2D eigenvalue weighted by molar-refractivity contribution is 0.0949. The maximum atomic E-state index is 12.1. The number of thiazole rings is 1. The third-order valence-electron chi connectivity index (χ3n) is 4.09. The maximum Gasteiger partial charge on any atom is 0.270 e. The summed E-state index contributed by atoms with van der Waals surface area (Å²) in [4.78, 5) is 19.8. The monoisotopic (exact) mass is 378 g/mol. The van der Waals surface area contributed by atoms with Crippen molar-refractivity contribution in [2.75, 3.05) is 13.1 Å². The minimum absolute atomic E-state index is 0. The van der Waals surface area contributed by atoms with E-state index < -0.39 is 0 Å². The smallest absolute Gasteiger partial charge is 0.270 e. The number of nitrogens with zero attached hydrogens (tertiary/aromatic N) is 1. The van der Waals surface area contributed by atoms with Crippen LogP contribution in [-0.4, -0.2) is 29.0 Å². The number of hydrogen-bond acceptors (Lipinski definition) is 4. The summed E-state index contributed by atoms with van der Waals surface area (Å²) in [6.45, 7) is 3.29. The van der Waals surface area contributed by atoms with Crippen LogP contribution in [0.3, 0.4) is 0 Å². The molecule has 0 saturated heterocycles. The Kier molecular flexibility index (Phi) is 6.99. The van der Waals surface area contributed by atoms with E-state index in [-0.39, 0.29) is 18.3 Å². The molecule has 1 amide bonds. The molecule has 3 aromatic rings. The van der Waals surface area contributed by atoms with Crippen LogP contribution in [0.4, 0.5) is 0 Å². The van der Waals surface area contributed by atoms with Gasteiger partial charge in [-0.15, -0.1) is 23.7 Å². The van der Waals surface area contributed by atoms with Gasteiger partial charge in [0.25, 0.3) is 5.91 Å². The fraction of sp³-hybridized carbons (Fsp3) is 0.333. The van der Waals surface area contributed by atoms with E-state index in [4.69, 9.17) is 5.73 Å². The predicted octanol–water partition coefficient (Wildman–Crippen LogP) is 3.08. The molecule has 0 aliphatic heterocycles. The summed E-state index contributed by atoms with van der Waals surface area (Å²) in [5.41, 5.74) is 9.73. The van der Waals surface area contributed by atoms with Gasteiger partial charge in [0.1, 0.15) is 5.69 Å². The first-order valence-electron chi connectivity index (χ1n) is 8.23. The molecule has 4 N–H and O–H groups in total. The van der Waals surface area contributed by atoms with Crippen molar-refractivity contribution in [3.8, 4) is 0 Å². The van der Waals surface area contributed by atoms with Crippen LogP contribution < -0.4 is 11.1 Å². The van der Waals surface area contributed by atoms with Crippen LogP contribution in [0.1, 0.15) is 33.5 Å². The molecule has 0 aliphatic carbocycles. The van der Waals surface area contributed by atoms with E-state index in [0.29, 0.717) is 25.2 Å². The van der Waals surface area contributed by atoms with Crippen molar-refractivity contribution in [2.45, 2.75) is 26.2 Å². The van der Waals surface area contributed by atoms with E-state index in [0.717, 1.165) is 17.8 Å². The highest BCUT2D eigenvalue weighted by Crippen LogP contribution is 2.22. The normalized spacial score (nSPS) is 10.6. The van der Waals surface area contributed by atoms with Crippen LogP contribution in [0.5, 0.6) is 0 Å². The van der Waals surface area contributed by atoms with Crippen LogP contribution in [0, 0.1) is 0 Å². The lowest BCUT2D eigenvalue weighted by Crippen LogP contribution is -2.26. The van der Waals surface area contributed by atoms with Crippen LogP contribution >= 0.6 is 23.7 Å². The second kappa shape index (κ2) is 8.99. The van der Waals surface area contributed by atoms with Crippen molar-refractivity contribution in [1.29, 1.82) is 0 Å². The van der Waals surface area contributed by atoms with Gasteiger partial charge in [-0.3, -0.25) is 4.79 Å². The number of para-hydroxylation sites is 1. The molecule has 0 spiro atoms. The summed E-state index contributed by atoms with van der Waals surface area (Å²) in [7, 11) is 0. The summed E-state index contributed by atoms with van der Waals surface area (Å²) in [5.74, 6) is -0.122. The zero-order chi connectivity index (χ0) is 16.9. The first-order valence-corrected chi connectivity index (χ1v) is 9.11. The molecule has 2 heterocycles. The number of aromatic amines is 1. The molecule has 0 bridgehead atoms. The number of carbonyl (C=O) groups excluding carboxylic acids is 1. The predicted molar refractivity (Wildman–Crippen MR) is 106 cm³/mol. The second-order valence-electron chi connectivity index (χ2n) is 5.68. The van der Waals surface area contributed by atoms with E-state index >= 15 is 0 Å². The molecule has 7 heteroatoms. The number of nitrogens with one attached hydrogen (secondary N) is 2. The Balaban J connectivity index is 0.00000225. The van der Waals surface area contributed by atoms with Crippen LogP contribution in [0.25, 0.3) is 10.9 Å². The molecular formula is C18H23ClN4OS. The SMILES string of the molecule is CCc1cccc2c(CCNC(=O)c3csc(CCN)n3)c[nH]c12.Cl. The summed E-state index contributed by atoms with van der Waals surface area (Å²) in [6, 6.07) is 6.36. The molecule has 25 heavy (non-hydrogen) atoms.